The van der Waals surface area contributed by atoms with Crippen LogP contribution in [-0.2, 0) is 16.6 Å². The Balaban J connectivity index is 1.95. The van der Waals surface area contributed by atoms with Crippen LogP contribution in [0.15, 0.2) is 57.9 Å². The summed E-state index contributed by atoms with van der Waals surface area (Å²) in [5.74, 6) is 0.624. The maximum atomic E-state index is 13.0. The van der Waals surface area contributed by atoms with Crippen molar-refractivity contribution in [1.82, 2.24) is 9.88 Å². The van der Waals surface area contributed by atoms with Gasteiger partial charge in [0.1, 0.15) is 0 Å². The van der Waals surface area contributed by atoms with Gasteiger partial charge in [-0.3, -0.25) is 0 Å². The molecule has 0 radical (unpaired) electrons. The second-order valence-electron chi connectivity index (χ2n) is 7.05. The number of sulfonamides is 1. The van der Waals surface area contributed by atoms with Crippen LogP contribution in [0.25, 0.3) is 11.3 Å². The van der Waals surface area contributed by atoms with Crippen LogP contribution in [0, 0.1) is 13.8 Å². The Hall–Kier alpha value is -2.44. The molecule has 0 saturated carbocycles. The second kappa shape index (κ2) is 7.66. The van der Waals surface area contributed by atoms with Gasteiger partial charge in [0.25, 0.3) is 0 Å². The Labute approximate surface area is 160 Å². The normalized spacial score (nSPS) is 11.9. The third-order valence-corrected chi connectivity index (χ3v) is 5.88. The molecule has 142 valence electrons. The molecule has 0 fully saturated rings. The second-order valence-corrected chi connectivity index (χ2v) is 8.79. The number of nitrogens with zero attached hydrogens (tertiary/aromatic N) is 1. The molecule has 6 heteroatoms. The quantitative estimate of drug-likeness (QED) is 0.676. The molecule has 3 rings (SSSR count). The molecule has 0 aliphatic carbocycles. The van der Waals surface area contributed by atoms with E-state index in [1.54, 1.807) is 12.1 Å². The Morgan fingerprint density at radius 3 is 2.33 bits per heavy atom. The SMILES string of the molecule is Cc1ccc(CNS(=O)(=O)c2cc(-c3cc(C)no3)ccc2C(C)C)cc1. The summed E-state index contributed by atoms with van der Waals surface area (Å²) in [5, 5.41) is 3.89. The highest BCUT2D eigenvalue weighted by Crippen LogP contribution is 2.30. The lowest BCUT2D eigenvalue weighted by atomic mass is 10.0. The summed E-state index contributed by atoms with van der Waals surface area (Å²) >= 11 is 0. The van der Waals surface area contributed by atoms with Crippen LogP contribution in [-0.4, -0.2) is 13.6 Å². The van der Waals surface area contributed by atoms with E-state index in [0.29, 0.717) is 11.3 Å². The van der Waals surface area contributed by atoms with Gasteiger partial charge in [-0.15, -0.1) is 0 Å². The minimum atomic E-state index is -3.68. The van der Waals surface area contributed by atoms with E-state index >= 15 is 0 Å². The molecule has 27 heavy (non-hydrogen) atoms. The third-order valence-electron chi connectivity index (χ3n) is 4.42. The van der Waals surface area contributed by atoms with Crippen molar-refractivity contribution in [3.05, 3.63) is 70.9 Å². The maximum Gasteiger partial charge on any atom is 0.241 e. The molecule has 2 aromatic carbocycles. The topological polar surface area (TPSA) is 72.2 Å². The zero-order valence-corrected chi connectivity index (χ0v) is 16.8. The van der Waals surface area contributed by atoms with Crippen LogP contribution in [0.2, 0.25) is 0 Å². The fraction of sp³-hybridized carbons (Fsp3) is 0.286. The molecule has 1 N–H and O–H groups in total. The number of nitrogens with one attached hydrogen (secondary N) is 1. The van der Waals surface area contributed by atoms with Crippen molar-refractivity contribution in [2.75, 3.05) is 0 Å². The van der Waals surface area contributed by atoms with Gasteiger partial charge in [0.2, 0.25) is 10.0 Å². The van der Waals surface area contributed by atoms with Gasteiger partial charge < -0.3 is 4.52 Å². The van der Waals surface area contributed by atoms with Crippen molar-refractivity contribution in [3.63, 3.8) is 0 Å². The zero-order chi connectivity index (χ0) is 19.6. The molecule has 0 spiro atoms. The molecule has 0 aliphatic heterocycles. The monoisotopic (exact) mass is 384 g/mol. The van der Waals surface area contributed by atoms with Crippen molar-refractivity contribution in [3.8, 4) is 11.3 Å². The lowest BCUT2D eigenvalue weighted by Gasteiger charge is -2.15. The van der Waals surface area contributed by atoms with Crippen LogP contribution in [0.1, 0.15) is 42.1 Å². The van der Waals surface area contributed by atoms with E-state index in [4.69, 9.17) is 4.52 Å². The zero-order valence-electron chi connectivity index (χ0n) is 16.0. The van der Waals surface area contributed by atoms with E-state index in [0.717, 1.165) is 22.4 Å². The van der Waals surface area contributed by atoms with Crippen molar-refractivity contribution in [2.45, 2.75) is 45.1 Å². The number of rotatable bonds is 6. The standard InChI is InChI=1S/C21H24N2O3S/c1-14(2)19-10-9-18(20-11-16(4)23-26-20)12-21(19)27(24,25)22-13-17-7-5-15(3)6-8-17/h5-12,14,22H,13H2,1-4H3. The minimum Gasteiger partial charge on any atom is -0.356 e. The molecule has 0 amide bonds. The minimum absolute atomic E-state index is 0.0708. The molecule has 0 saturated heterocycles. The first-order chi connectivity index (χ1) is 12.8. The van der Waals surface area contributed by atoms with Crippen molar-refractivity contribution >= 4 is 10.0 Å². The van der Waals surface area contributed by atoms with Gasteiger partial charge in [0, 0.05) is 18.2 Å². The first-order valence-electron chi connectivity index (χ1n) is 8.89. The van der Waals surface area contributed by atoms with Crippen LogP contribution in [0.5, 0.6) is 0 Å². The van der Waals surface area contributed by atoms with Gasteiger partial charge in [0.05, 0.1) is 10.6 Å². The molecule has 0 unspecified atom stereocenters. The van der Waals surface area contributed by atoms with Gasteiger partial charge in [-0.25, -0.2) is 13.1 Å². The highest BCUT2D eigenvalue weighted by molar-refractivity contribution is 7.89. The Kier molecular flexibility index (Phi) is 5.48. The van der Waals surface area contributed by atoms with E-state index in [2.05, 4.69) is 9.88 Å². The van der Waals surface area contributed by atoms with E-state index in [1.807, 2.05) is 64.1 Å². The summed E-state index contributed by atoms with van der Waals surface area (Å²) in [5.41, 5.74) is 4.26. The molecular weight excluding hydrogens is 360 g/mol. The summed E-state index contributed by atoms with van der Waals surface area (Å²) in [6, 6.07) is 15.0. The number of aryl methyl sites for hydroxylation is 2. The molecule has 3 aromatic rings. The van der Waals surface area contributed by atoms with Crippen LogP contribution < -0.4 is 4.72 Å². The van der Waals surface area contributed by atoms with Gasteiger partial charge in [-0.05, 0) is 37.0 Å². The van der Waals surface area contributed by atoms with Crippen LogP contribution in [0.3, 0.4) is 0 Å². The van der Waals surface area contributed by atoms with Gasteiger partial charge >= 0.3 is 0 Å². The van der Waals surface area contributed by atoms with Crippen molar-refractivity contribution in [1.29, 1.82) is 0 Å². The summed E-state index contributed by atoms with van der Waals surface area (Å²) < 4.78 is 34.1. The Morgan fingerprint density at radius 2 is 1.74 bits per heavy atom. The van der Waals surface area contributed by atoms with Crippen LogP contribution >= 0.6 is 0 Å². The molecule has 0 bridgehead atoms. The molecule has 1 aromatic heterocycles. The Bertz CT molecular complexity index is 1040. The van der Waals surface area contributed by atoms with Gasteiger partial charge in [-0.1, -0.05) is 61.0 Å². The van der Waals surface area contributed by atoms with E-state index in [1.165, 1.54) is 0 Å². The third kappa shape index (κ3) is 4.46. The largest absolute Gasteiger partial charge is 0.356 e. The van der Waals surface area contributed by atoms with Crippen molar-refractivity contribution < 1.29 is 12.9 Å². The average Bonchev–Trinajstić information content (AvgIpc) is 3.07. The predicted octanol–water partition coefficient (Wildman–Crippen LogP) is 4.56. The van der Waals surface area contributed by atoms with E-state index in [9.17, 15) is 8.42 Å². The van der Waals surface area contributed by atoms with E-state index in [-0.39, 0.29) is 17.4 Å². The predicted molar refractivity (Wildman–Crippen MR) is 106 cm³/mol. The number of hydrogen-bond donors (Lipinski definition) is 1. The fourth-order valence-electron chi connectivity index (χ4n) is 2.86. The number of hydrogen-bond acceptors (Lipinski definition) is 4. The summed E-state index contributed by atoms with van der Waals surface area (Å²) in [6.45, 7) is 8.03. The summed E-state index contributed by atoms with van der Waals surface area (Å²) in [4.78, 5) is 0.274. The van der Waals surface area contributed by atoms with Crippen molar-refractivity contribution in [2.24, 2.45) is 0 Å². The molecule has 5 nitrogen and oxygen atoms in total. The molecule has 1 heterocycles. The molecular formula is C21H24N2O3S. The van der Waals surface area contributed by atoms with Gasteiger partial charge in [0.15, 0.2) is 5.76 Å². The smallest absolute Gasteiger partial charge is 0.241 e. The summed E-state index contributed by atoms with van der Waals surface area (Å²) in [6.07, 6.45) is 0. The first-order valence-corrected chi connectivity index (χ1v) is 10.4. The molecule has 0 aliphatic rings. The first kappa shape index (κ1) is 19.3. The lowest BCUT2D eigenvalue weighted by Crippen LogP contribution is -2.24. The summed E-state index contributed by atoms with van der Waals surface area (Å²) in [7, 11) is -3.68. The maximum absolute atomic E-state index is 13.0. The van der Waals surface area contributed by atoms with Crippen LogP contribution in [0.4, 0.5) is 0 Å². The lowest BCUT2D eigenvalue weighted by molar-refractivity contribution is 0.427. The van der Waals surface area contributed by atoms with Gasteiger partial charge in [-0.2, -0.15) is 0 Å². The average molecular weight is 385 g/mol. The Morgan fingerprint density at radius 1 is 1.04 bits per heavy atom. The highest BCUT2D eigenvalue weighted by Gasteiger charge is 2.21. The number of aromatic nitrogens is 1. The highest BCUT2D eigenvalue weighted by atomic mass is 32.2. The molecule has 0 atom stereocenters. The fourth-order valence-corrected chi connectivity index (χ4v) is 4.27. The van der Waals surface area contributed by atoms with E-state index < -0.39 is 10.0 Å². The number of benzene rings is 2.